The first-order valence-electron chi connectivity index (χ1n) is 4.08. The monoisotopic (exact) mass is 186 g/mol. The third kappa shape index (κ3) is 3.10. The first-order chi connectivity index (χ1) is 6.26. The molecule has 1 atom stereocenters. The molecule has 0 saturated heterocycles. The van der Waals surface area contributed by atoms with Crippen molar-refractivity contribution in [1.29, 1.82) is 0 Å². The van der Waals surface area contributed by atoms with Crippen LogP contribution in [0.15, 0.2) is 6.20 Å². The molecule has 0 amide bonds. The molecule has 1 heterocycles. The maximum absolute atomic E-state index is 9.10. The van der Waals surface area contributed by atoms with Crippen molar-refractivity contribution >= 4 is 0 Å². The Morgan fingerprint density at radius 2 is 2.46 bits per heavy atom. The minimum Gasteiger partial charge on any atom is -0.394 e. The van der Waals surface area contributed by atoms with E-state index in [9.17, 15) is 0 Å². The highest BCUT2D eigenvalue weighted by Gasteiger charge is 2.05. The van der Waals surface area contributed by atoms with Gasteiger partial charge in [0.2, 0.25) is 0 Å². The number of nitrogens with one attached hydrogen (secondary N) is 1. The van der Waals surface area contributed by atoms with Crippen molar-refractivity contribution in [3.63, 3.8) is 0 Å². The first-order valence-corrected chi connectivity index (χ1v) is 4.08. The average molecular weight is 186 g/mol. The summed E-state index contributed by atoms with van der Waals surface area (Å²) in [7, 11) is 1.82. The third-order valence-corrected chi connectivity index (χ3v) is 1.55. The highest BCUT2D eigenvalue weighted by molar-refractivity contribution is 4.91. The second-order valence-corrected chi connectivity index (χ2v) is 2.80. The minimum atomic E-state index is -0.774. The van der Waals surface area contributed by atoms with Crippen LogP contribution in [0.4, 0.5) is 0 Å². The second kappa shape index (κ2) is 4.90. The molecule has 0 spiro atoms. The normalized spacial score (nSPS) is 13.2. The third-order valence-electron chi connectivity index (χ3n) is 1.55. The van der Waals surface area contributed by atoms with Crippen LogP contribution in [0.5, 0.6) is 0 Å². The summed E-state index contributed by atoms with van der Waals surface area (Å²) >= 11 is 0. The number of hydrogen-bond acceptors (Lipinski definition) is 5. The smallest absolute Gasteiger partial charge is 0.0966 e. The van der Waals surface area contributed by atoms with Gasteiger partial charge in [-0.25, -0.2) is 4.68 Å². The molecule has 13 heavy (non-hydrogen) atoms. The standard InChI is InChI=1S/C7H14N4O2/c1-8-2-6-3-11(10-9-6)4-7(13)5-12/h3,7-8,12-13H,2,4-5H2,1H3. The number of rotatable bonds is 5. The first kappa shape index (κ1) is 10.1. The number of aliphatic hydroxyl groups excluding tert-OH is 2. The summed E-state index contributed by atoms with van der Waals surface area (Å²) in [5.41, 5.74) is 0.813. The average Bonchev–Trinajstić information content (AvgIpc) is 2.53. The van der Waals surface area contributed by atoms with Gasteiger partial charge in [-0.3, -0.25) is 0 Å². The summed E-state index contributed by atoms with van der Waals surface area (Å²) in [6.45, 7) is 0.656. The number of hydrogen-bond donors (Lipinski definition) is 3. The van der Waals surface area contributed by atoms with E-state index in [1.807, 2.05) is 7.05 Å². The van der Waals surface area contributed by atoms with Gasteiger partial charge in [-0.1, -0.05) is 5.21 Å². The molecule has 0 bridgehead atoms. The molecule has 0 fully saturated rings. The van der Waals surface area contributed by atoms with E-state index in [1.54, 1.807) is 6.20 Å². The van der Waals surface area contributed by atoms with Crippen molar-refractivity contribution in [2.45, 2.75) is 19.2 Å². The van der Waals surface area contributed by atoms with E-state index in [0.29, 0.717) is 6.54 Å². The van der Waals surface area contributed by atoms with Gasteiger partial charge in [0.05, 0.1) is 24.9 Å². The zero-order valence-corrected chi connectivity index (χ0v) is 7.51. The Labute approximate surface area is 76.2 Å². The van der Waals surface area contributed by atoms with E-state index in [0.717, 1.165) is 5.69 Å². The molecule has 0 aromatic carbocycles. The van der Waals surface area contributed by atoms with Crippen LogP contribution in [0.1, 0.15) is 5.69 Å². The van der Waals surface area contributed by atoms with Gasteiger partial charge in [-0.2, -0.15) is 0 Å². The summed E-state index contributed by atoms with van der Waals surface area (Å²) in [6.07, 6.45) is 0.958. The predicted molar refractivity (Wildman–Crippen MR) is 45.9 cm³/mol. The van der Waals surface area contributed by atoms with Gasteiger partial charge in [-0.15, -0.1) is 5.10 Å². The molecular weight excluding hydrogens is 172 g/mol. The van der Waals surface area contributed by atoms with Crippen LogP contribution in [0.25, 0.3) is 0 Å². The van der Waals surface area contributed by atoms with Gasteiger partial charge in [-0.05, 0) is 7.05 Å². The van der Waals surface area contributed by atoms with E-state index in [1.165, 1.54) is 4.68 Å². The summed E-state index contributed by atoms with van der Waals surface area (Å²) in [6, 6.07) is 0. The summed E-state index contributed by atoms with van der Waals surface area (Å²) in [5, 5.41) is 28.2. The molecule has 74 valence electrons. The number of aliphatic hydroxyl groups is 2. The van der Waals surface area contributed by atoms with Crippen LogP contribution in [-0.4, -0.2) is 45.0 Å². The molecule has 0 radical (unpaired) electrons. The lowest BCUT2D eigenvalue weighted by Crippen LogP contribution is -2.20. The largest absolute Gasteiger partial charge is 0.394 e. The molecule has 1 aromatic rings. The van der Waals surface area contributed by atoms with Crippen molar-refractivity contribution < 1.29 is 10.2 Å². The summed E-state index contributed by atoms with van der Waals surface area (Å²) in [5.74, 6) is 0. The van der Waals surface area contributed by atoms with Crippen molar-refractivity contribution in [1.82, 2.24) is 20.3 Å². The topological polar surface area (TPSA) is 83.2 Å². The van der Waals surface area contributed by atoms with Crippen molar-refractivity contribution in [3.8, 4) is 0 Å². The second-order valence-electron chi connectivity index (χ2n) is 2.80. The Morgan fingerprint density at radius 1 is 1.69 bits per heavy atom. The fraction of sp³-hybridized carbons (Fsp3) is 0.714. The van der Waals surface area contributed by atoms with Gasteiger partial charge >= 0.3 is 0 Å². The Kier molecular flexibility index (Phi) is 3.81. The lowest BCUT2D eigenvalue weighted by molar-refractivity contribution is 0.0778. The molecule has 0 saturated carbocycles. The van der Waals surface area contributed by atoms with E-state index >= 15 is 0 Å². The van der Waals surface area contributed by atoms with Gasteiger partial charge in [0, 0.05) is 12.7 Å². The molecule has 1 aromatic heterocycles. The minimum absolute atomic E-state index is 0.263. The molecular formula is C7H14N4O2. The van der Waals surface area contributed by atoms with Gasteiger partial charge < -0.3 is 15.5 Å². The van der Waals surface area contributed by atoms with Crippen molar-refractivity contribution in [2.24, 2.45) is 0 Å². The Morgan fingerprint density at radius 3 is 3.08 bits per heavy atom. The zero-order chi connectivity index (χ0) is 9.68. The van der Waals surface area contributed by atoms with Gasteiger partial charge in [0.15, 0.2) is 0 Å². The van der Waals surface area contributed by atoms with Crippen LogP contribution in [0, 0.1) is 0 Å². The quantitative estimate of drug-likeness (QED) is 0.513. The van der Waals surface area contributed by atoms with Crippen LogP contribution < -0.4 is 5.32 Å². The highest BCUT2D eigenvalue weighted by atomic mass is 16.3. The molecule has 3 N–H and O–H groups in total. The fourth-order valence-corrected chi connectivity index (χ4v) is 0.964. The Hall–Kier alpha value is -0.980. The lowest BCUT2D eigenvalue weighted by atomic mass is 10.4. The number of nitrogens with zero attached hydrogens (tertiary/aromatic N) is 3. The predicted octanol–water partition coefficient (Wildman–Crippen LogP) is -1.65. The lowest BCUT2D eigenvalue weighted by Gasteiger charge is -2.04. The van der Waals surface area contributed by atoms with Crippen LogP contribution in [-0.2, 0) is 13.1 Å². The number of aromatic nitrogens is 3. The molecule has 0 aliphatic heterocycles. The van der Waals surface area contributed by atoms with Gasteiger partial charge in [0.25, 0.3) is 0 Å². The van der Waals surface area contributed by atoms with Crippen LogP contribution in [0.3, 0.4) is 0 Å². The van der Waals surface area contributed by atoms with Crippen LogP contribution in [0.2, 0.25) is 0 Å². The van der Waals surface area contributed by atoms with Crippen molar-refractivity contribution in [2.75, 3.05) is 13.7 Å². The van der Waals surface area contributed by atoms with Gasteiger partial charge in [0.1, 0.15) is 0 Å². The Bertz CT molecular complexity index is 250. The molecule has 6 nitrogen and oxygen atoms in total. The Balaban J connectivity index is 2.48. The fourth-order valence-electron chi connectivity index (χ4n) is 0.964. The van der Waals surface area contributed by atoms with Crippen molar-refractivity contribution in [3.05, 3.63) is 11.9 Å². The molecule has 1 unspecified atom stereocenters. The highest BCUT2D eigenvalue weighted by Crippen LogP contribution is 1.94. The summed E-state index contributed by atoms with van der Waals surface area (Å²) in [4.78, 5) is 0. The summed E-state index contributed by atoms with van der Waals surface area (Å²) < 4.78 is 1.51. The molecule has 1 rings (SSSR count). The maximum atomic E-state index is 9.10. The van der Waals surface area contributed by atoms with E-state index in [4.69, 9.17) is 10.2 Å². The zero-order valence-electron chi connectivity index (χ0n) is 7.51. The maximum Gasteiger partial charge on any atom is 0.0966 e. The van der Waals surface area contributed by atoms with E-state index in [-0.39, 0.29) is 13.2 Å². The van der Waals surface area contributed by atoms with E-state index < -0.39 is 6.10 Å². The van der Waals surface area contributed by atoms with Crippen LogP contribution >= 0.6 is 0 Å². The molecule has 6 heteroatoms. The molecule has 0 aliphatic rings. The molecule has 0 aliphatic carbocycles. The SMILES string of the molecule is CNCc1cn(CC(O)CO)nn1. The van der Waals surface area contributed by atoms with E-state index in [2.05, 4.69) is 15.6 Å².